The van der Waals surface area contributed by atoms with Crippen LogP contribution in [-0.2, 0) is 12.8 Å². The zero-order valence-corrected chi connectivity index (χ0v) is 19.4. The minimum atomic E-state index is -0.00767. The zero-order chi connectivity index (χ0) is 21.8. The lowest BCUT2D eigenvalue weighted by molar-refractivity contribution is 0.0943. The molecule has 6 nitrogen and oxygen atoms in total. The van der Waals surface area contributed by atoms with Crippen LogP contribution in [0, 0.1) is 6.92 Å². The number of carbonyl (C=O) groups excluding carboxylic acids is 1. The quantitative estimate of drug-likeness (QED) is 0.571. The fourth-order valence-electron chi connectivity index (χ4n) is 5.64. The second kappa shape index (κ2) is 7.74. The fourth-order valence-corrected chi connectivity index (χ4v) is 6.77. The summed E-state index contributed by atoms with van der Waals surface area (Å²) in [5.74, 6) is -0.00767. The number of hydrogen-bond acceptors (Lipinski definition) is 6. The lowest BCUT2D eigenvalue weighted by Crippen LogP contribution is -2.51. The molecule has 32 heavy (non-hydrogen) atoms. The van der Waals surface area contributed by atoms with Crippen molar-refractivity contribution < 1.29 is 4.79 Å². The summed E-state index contributed by atoms with van der Waals surface area (Å²) in [6, 6.07) is 12.3. The van der Waals surface area contributed by atoms with E-state index >= 15 is 0 Å². The van der Waals surface area contributed by atoms with Crippen LogP contribution in [0.1, 0.15) is 39.3 Å². The maximum absolute atomic E-state index is 13.2. The average molecular weight is 448 g/mol. The van der Waals surface area contributed by atoms with E-state index in [1.165, 1.54) is 41.0 Å². The molecule has 2 fully saturated rings. The van der Waals surface area contributed by atoms with Crippen molar-refractivity contribution in [1.82, 2.24) is 15.6 Å². The van der Waals surface area contributed by atoms with Crippen LogP contribution in [0.25, 0.3) is 10.2 Å². The number of amides is 1. The van der Waals surface area contributed by atoms with Crippen molar-refractivity contribution in [3.8, 4) is 0 Å². The Morgan fingerprint density at radius 1 is 1.12 bits per heavy atom. The number of nitrogens with zero attached hydrogens (tertiary/aromatic N) is 2. The zero-order valence-electron chi connectivity index (χ0n) is 18.6. The number of fused-ring (bicyclic) bond motifs is 4. The molecule has 1 aromatic carbocycles. The summed E-state index contributed by atoms with van der Waals surface area (Å²) < 4.78 is 0. The van der Waals surface area contributed by atoms with Crippen LogP contribution in [-0.4, -0.2) is 49.2 Å². The minimum Gasteiger partial charge on any atom is -0.386 e. The number of thiophene rings is 1. The molecule has 0 radical (unpaired) electrons. The normalized spacial score (nSPS) is 24.1. The third-order valence-electron chi connectivity index (χ3n) is 7.19. The summed E-state index contributed by atoms with van der Waals surface area (Å²) in [5.41, 5.74) is 5.91. The summed E-state index contributed by atoms with van der Waals surface area (Å²) in [6.07, 6.45) is 4.37. The molecule has 166 valence electrons. The van der Waals surface area contributed by atoms with Gasteiger partial charge in [-0.3, -0.25) is 4.79 Å². The first-order chi connectivity index (χ1) is 15.6. The Morgan fingerprint density at radius 3 is 2.69 bits per heavy atom. The van der Waals surface area contributed by atoms with E-state index in [4.69, 9.17) is 0 Å². The number of anilines is 2. The first kappa shape index (κ1) is 20.0. The molecule has 0 saturated carbocycles. The van der Waals surface area contributed by atoms with Gasteiger partial charge in [0, 0.05) is 55.0 Å². The molecule has 3 atom stereocenters. The van der Waals surface area contributed by atoms with Crippen LogP contribution in [0.2, 0.25) is 0 Å². The molecule has 3 N–H and O–H groups in total. The third kappa shape index (κ3) is 3.44. The first-order valence-electron chi connectivity index (χ1n) is 11.6. The van der Waals surface area contributed by atoms with E-state index in [-0.39, 0.29) is 11.9 Å². The lowest BCUT2D eigenvalue weighted by Gasteiger charge is -2.34. The van der Waals surface area contributed by atoms with Crippen LogP contribution >= 0.6 is 11.3 Å². The van der Waals surface area contributed by atoms with Gasteiger partial charge in [-0.2, -0.15) is 0 Å². The standard InChI is InChI=1S/C25H29N5OS/c1-14-3-8-21-22(26-2)23(32-25(21)27-14)24(31)29-19-9-15-4-7-20(11-16(15)10-19)30-12-17-5-6-18(13-30)28-17/h3-4,7-8,11,17-19,26,28H,5-6,9-10,12-13H2,1-2H3,(H,29,31). The first-order valence-corrected chi connectivity index (χ1v) is 12.4. The molecular weight excluding hydrogens is 418 g/mol. The van der Waals surface area contributed by atoms with Gasteiger partial charge in [0.1, 0.15) is 9.71 Å². The Kier molecular flexibility index (Phi) is 4.84. The Bertz CT molecular complexity index is 1190. The summed E-state index contributed by atoms with van der Waals surface area (Å²) >= 11 is 1.47. The second-order valence-electron chi connectivity index (χ2n) is 9.44. The maximum Gasteiger partial charge on any atom is 0.263 e. The van der Waals surface area contributed by atoms with Gasteiger partial charge in [-0.15, -0.1) is 11.3 Å². The number of aromatic nitrogens is 1. The van der Waals surface area contributed by atoms with Gasteiger partial charge < -0.3 is 20.9 Å². The maximum atomic E-state index is 13.2. The largest absolute Gasteiger partial charge is 0.386 e. The van der Waals surface area contributed by atoms with E-state index in [0.717, 1.165) is 47.5 Å². The number of benzene rings is 1. The van der Waals surface area contributed by atoms with Crippen molar-refractivity contribution >= 4 is 38.8 Å². The topological polar surface area (TPSA) is 69.3 Å². The van der Waals surface area contributed by atoms with Gasteiger partial charge in [0.25, 0.3) is 5.91 Å². The van der Waals surface area contributed by atoms with Crippen molar-refractivity contribution in [1.29, 1.82) is 0 Å². The number of hydrogen-bond donors (Lipinski definition) is 3. The highest BCUT2D eigenvalue weighted by Crippen LogP contribution is 2.35. The highest BCUT2D eigenvalue weighted by Gasteiger charge is 2.33. The fraction of sp³-hybridized carbons (Fsp3) is 0.440. The highest BCUT2D eigenvalue weighted by molar-refractivity contribution is 7.21. The van der Waals surface area contributed by atoms with Crippen LogP contribution < -0.4 is 20.9 Å². The Labute approximate surface area is 192 Å². The number of carbonyl (C=O) groups is 1. The SMILES string of the molecule is CNc1c(C(=O)NC2Cc3ccc(N4CC5CCC(C4)N5)cc3C2)sc2nc(C)ccc12. The van der Waals surface area contributed by atoms with Crippen LogP contribution in [0.5, 0.6) is 0 Å². The smallest absolute Gasteiger partial charge is 0.263 e. The molecule has 2 bridgehead atoms. The molecule has 1 aliphatic carbocycles. The Morgan fingerprint density at radius 2 is 1.91 bits per heavy atom. The molecule has 6 rings (SSSR count). The molecular formula is C25H29N5OS. The number of aryl methyl sites for hydroxylation is 1. The Hall–Kier alpha value is -2.64. The molecule has 3 unspecified atom stereocenters. The minimum absolute atomic E-state index is 0.00767. The molecule has 1 amide bonds. The highest BCUT2D eigenvalue weighted by atomic mass is 32.1. The molecule has 2 aromatic heterocycles. The van der Waals surface area contributed by atoms with E-state index in [0.29, 0.717) is 17.0 Å². The molecule has 7 heteroatoms. The van der Waals surface area contributed by atoms with Gasteiger partial charge in [-0.1, -0.05) is 6.07 Å². The van der Waals surface area contributed by atoms with E-state index in [9.17, 15) is 4.79 Å². The number of pyridine rings is 1. The van der Waals surface area contributed by atoms with E-state index < -0.39 is 0 Å². The molecule has 2 saturated heterocycles. The van der Waals surface area contributed by atoms with Crippen molar-refractivity contribution in [2.45, 2.75) is 50.7 Å². The second-order valence-corrected chi connectivity index (χ2v) is 10.4. The van der Waals surface area contributed by atoms with Crippen LogP contribution in [0.3, 0.4) is 0 Å². The van der Waals surface area contributed by atoms with Gasteiger partial charge in [-0.05, 0) is 68.0 Å². The average Bonchev–Trinajstić information content (AvgIpc) is 3.46. The summed E-state index contributed by atoms with van der Waals surface area (Å²) in [5, 5.41) is 11.2. The van der Waals surface area contributed by atoms with Crippen molar-refractivity contribution in [3.05, 3.63) is 52.0 Å². The predicted octanol–water partition coefficient (Wildman–Crippen LogP) is 3.48. The third-order valence-corrected chi connectivity index (χ3v) is 8.29. The molecule has 3 aromatic rings. The van der Waals surface area contributed by atoms with Crippen LogP contribution in [0.4, 0.5) is 11.4 Å². The molecule has 2 aliphatic heterocycles. The molecule has 4 heterocycles. The number of piperazine rings is 1. The monoisotopic (exact) mass is 447 g/mol. The Balaban J connectivity index is 1.18. The van der Waals surface area contributed by atoms with Gasteiger partial charge >= 0.3 is 0 Å². The van der Waals surface area contributed by atoms with Gasteiger partial charge in [0.2, 0.25) is 0 Å². The van der Waals surface area contributed by atoms with Crippen molar-refractivity contribution in [2.75, 3.05) is 30.4 Å². The molecule has 3 aliphatic rings. The number of rotatable bonds is 4. The van der Waals surface area contributed by atoms with Gasteiger partial charge in [0.05, 0.1) is 5.69 Å². The van der Waals surface area contributed by atoms with Crippen molar-refractivity contribution in [3.63, 3.8) is 0 Å². The summed E-state index contributed by atoms with van der Waals surface area (Å²) in [4.78, 5) is 22.0. The van der Waals surface area contributed by atoms with E-state index in [1.54, 1.807) is 0 Å². The van der Waals surface area contributed by atoms with E-state index in [2.05, 4.69) is 44.0 Å². The summed E-state index contributed by atoms with van der Waals surface area (Å²) in [6.45, 7) is 4.18. The number of nitrogens with one attached hydrogen (secondary N) is 3. The van der Waals surface area contributed by atoms with Crippen LogP contribution in [0.15, 0.2) is 30.3 Å². The molecule has 0 spiro atoms. The lowest BCUT2D eigenvalue weighted by atomic mass is 10.1. The van der Waals surface area contributed by atoms with Gasteiger partial charge in [-0.25, -0.2) is 4.98 Å². The summed E-state index contributed by atoms with van der Waals surface area (Å²) in [7, 11) is 1.87. The van der Waals surface area contributed by atoms with E-state index in [1.807, 2.05) is 26.1 Å². The van der Waals surface area contributed by atoms with Gasteiger partial charge in [0.15, 0.2) is 0 Å². The van der Waals surface area contributed by atoms with Crippen molar-refractivity contribution in [2.24, 2.45) is 0 Å². The predicted molar refractivity (Wildman–Crippen MR) is 131 cm³/mol.